The molecule has 0 spiro atoms. The van der Waals surface area contributed by atoms with E-state index >= 15 is 0 Å². The Labute approximate surface area is 110 Å². The maximum absolute atomic E-state index is 12.1. The van der Waals surface area contributed by atoms with E-state index in [1.165, 1.54) is 6.07 Å². The first-order valence-corrected chi connectivity index (χ1v) is 5.83. The van der Waals surface area contributed by atoms with Crippen LogP contribution < -0.4 is 11.4 Å². The number of nitrogens with two attached hydrogens (primary N) is 1. The van der Waals surface area contributed by atoms with Crippen LogP contribution in [0.4, 0.5) is 5.69 Å². The number of carbonyl (C=O) groups is 1. The molecule has 5 heteroatoms. The van der Waals surface area contributed by atoms with Gasteiger partial charge in [0.25, 0.3) is 0 Å². The predicted octanol–water partition coefficient (Wildman–Crippen LogP) is 2.33. The molecule has 19 heavy (non-hydrogen) atoms. The molecule has 0 fully saturated rings. The minimum Gasteiger partial charge on any atom is -0.456 e. The van der Waals surface area contributed by atoms with Crippen molar-refractivity contribution < 1.29 is 13.9 Å². The van der Waals surface area contributed by atoms with Gasteiger partial charge in [-0.15, -0.1) is 0 Å². The summed E-state index contributed by atoms with van der Waals surface area (Å²) >= 11 is 0. The zero-order chi connectivity index (χ0) is 14.2. The van der Waals surface area contributed by atoms with Crippen molar-refractivity contribution in [2.24, 2.45) is 0 Å². The highest BCUT2D eigenvalue weighted by atomic mass is 16.6. The number of nitrogen functional groups attached to an aromatic ring is 1. The molecule has 0 unspecified atom stereocenters. The van der Waals surface area contributed by atoms with Crippen molar-refractivity contribution in [2.75, 3.05) is 5.73 Å². The minimum absolute atomic E-state index is 0.182. The van der Waals surface area contributed by atoms with Gasteiger partial charge in [0.05, 0.1) is 5.56 Å². The molecule has 0 aliphatic rings. The zero-order valence-corrected chi connectivity index (χ0v) is 11.0. The number of benzene rings is 1. The number of rotatable bonds is 1. The average Bonchev–Trinajstić information content (AvgIpc) is 2.24. The van der Waals surface area contributed by atoms with Crippen LogP contribution in [0.1, 0.15) is 31.1 Å². The Morgan fingerprint density at radius 2 is 1.95 bits per heavy atom. The number of anilines is 1. The van der Waals surface area contributed by atoms with Gasteiger partial charge >= 0.3 is 11.6 Å². The Morgan fingerprint density at radius 3 is 2.58 bits per heavy atom. The Bertz CT molecular complexity index is 695. The van der Waals surface area contributed by atoms with Gasteiger partial charge < -0.3 is 14.9 Å². The first-order valence-electron chi connectivity index (χ1n) is 5.83. The fraction of sp³-hybridized carbons (Fsp3) is 0.286. The summed E-state index contributed by atoms with van der Waals surface area (Å²) in [5.74, 6) is -0.560. The molecule has 100 valence electrons. The van der Waals surface area contributed by atoms with Gasteiger partial charge in [0, 0.05) is 23.2 Å². The van der Waals surface area contributed by atoms with E-state index in [0.29, 0.717) is 11.1 Å². The second-order valence-corrected chi connectivity index (χ2v) is 5.24. The first kappa shape index (κ1) is 13.1. The zero-order valence-electron chi connectivity index (χ0n) is 11.0. The fourth-order valence-corrected chi connectivity index (χ4v) is 1.68. The molecule has 2 N–H and O–H groups in total. The minimum atomic E-state index is -0.632. The van der Waals surface area contributed by atoms with Crippen molar-refractivity contribution in [1.82, 2.24) is 0 Å². The molecule has 2 rings (SSSR count). The molecule has 0 atom stereocenters. The van der Waals surface area contributed by atoms with Gasteiger partial charge in [0.1, 0.15) is 11.2 Å². The lowest BCUT2D eigenvalue weighted by atomic mass is 10.1. The van der Waals surface area contributed by atoms with E-state index in [9.17, 15) is 9.59 Å². The van der Waals surface area contributed by atoms with Crippen LogP contribution in [-0.2, 0) is 4.74 Å². The van der Waals surface area contributed by atoms with Crippen LogP contribution in [0.2, 0.25) is 0 Å². The summed E-state index contributed by atoms with van der Waals surface area (Å²) in [4.78, 5) is 23.5. The molecular formula is C14H15NO4. The van der Waals surface area contributed by atoms with Gasteiger partial charge in [-0.25, -0.2) is 9.59 Å². The summed E-state index contributed by atoms with van der Waals surface area (Å²) in [5, 5.41) is 0.503. The molecular weight excluding hydrogens is 246 g/mol. The number of fused-ring (bicyclic) bond motifs is 1. The third-order valence-electron chi connectivity index (χ3n) is 2.39. The standard InChI is InChI=1S/C14H15NO4/c1-14(2,3)19-13(17)10-7-12(16)18-11-6-8(15)4-5-9(10)11/h4-7H,15H2,1-3H3. The number of esters is 1. The maximum atomic E-state index is 12.1. The topological polar surface area (TPSA) is 82.5 Å². The van der Waals surface area contributed by atoms with Gasteiger partial charge in [0.2, 0.25) is 0 Å². The Balaban J connectivity index is 2.60. The summed E-state index contributed by atoms with van der Waals surface area (Å²) in [6.07, 6.45) is 0. The summed E-state index contributed by atoms with van der Waals surface area (Å²) in [6.45, 7) is 5.28. The summed E-state index contributed by atoms with van der Waals surface area (Å²) in [6, 6.07) is 5.90. The van der Waals surface area contributed by atoms with E-state index in [1.807, 2.05) is 0 Å². The number of hydrogen-bond donors (Lipinski definition) is 1. The largest absolute Gasteiger partial charge is 0.456 e. The van der Waals surface area contributed by atoms with Crippen LogP contribution in [0.3, 0.4) is 0 Å². The molecule has 1 heterocycles. The third kappa shape index (κ3) is 2.93. The lowest BCUT2D eigenvalue weighted by Crippen LogP contribution is -2.24. The second-order valence-electron chi connectivity index (χ2n) is 5.24. The van der Waals surface area contributed by atoms with E-state index in [1.54, 1.807) is 32.9 Å². The third-order valence-corrected chi connectivity index (χ3v) is 2.39. The Kier molecular flexibility index (Phi) is 3.06. The Morgan fingerprint density at radius 1 is 1.26 bits per heavy atom. The smallest absolute Gasteiger partial charge is 0.339 e. The highest BCUT2D eigenvalue weighted by Gasteiger charge is 2.21. The van der Waals surface area contributed by atoms with Gasteiger partial charge in [-0.3, -0.25) is 0 Å². The molecule has 0 saturated heterocycles. The number of hydrogen-bond acceptors (Lipinski definition) is 5. The Hall–Kier alpha value is -2.30. The highest BCUT2D eigenvalue weighted by molar-refractivity contribution is 6.03. The lowest BCUT2D eigenvalue weighted by molar-refractivity contribution is 0.00711. The average molecular weight is 261 g/mol. The molecule has 0 saturated carbocycles. The van der Waals surface area contributed by atoms with Crippen molar-refractivity contribution in [3.8, 4) is 0 Å². The number of ether oxygens (including phenoxy) is 1. The van der Waals surface area contributed by atoms with Gasteiger partial charge in [-0.1, -0.05) is 0 Å². The van der Waals surface area contributed by atoms with Gasteiger partial charge in [0.15, 0.2) is 0 Å². The van der Waals surface area contributed by atoms with Gasteiger partial charge in [-0.05, 0) is 32.9 Å². The van der Waals surface area contributed by atoms with Crippen LogP contribution in [-0.4, -0.2) is 11.6 Å². The molecule has 2 aromatic rings. The monoisotopic (exact) mass is 261 g/mol. The van der Waals surface area contributed by atoms with Crippen molar-refractivity contribution in [2.45, 2.75) is 26.4 Å². The van der Waals surface area contributed by atoms with Crippen molar-refractivity contribution in [3.63, 3.8) is 0 Å². The second kappa shape index (κ2) is 4.42. The number of carbonyl (C=O) groups excluding carboxylic acids is 1. The van der Waals surface area contributed by atoms with Crippen LogP contribution >= 0.6 is 0 Å². The van der Waals surface area contributed by atoms with Crippen LogP contribution in [0, 0.1) is 0 Å². The van der Waals surface area contributed by atoms with Crippen molar-refractivity contribution in [3.05, 3.63) is 40.2 Å². The summed E-state index contributed by atoms with van der Waals surface area (Å²) in [7, 11) is 0. The van der Waals surface area contributed by atoms with E-state index in [0.717, 1.165) is 6.07 Å². The molecule has 0 amide bonds. The fourth-order valence-electron chi connectivity index (χ4n) is 1.68. The predicted molar refractivity (Wildman–Crippen MR) is 72.1 cm³/mol. The molecule has 5 nitrogen and oxygen atoms in total. The van der Waals surface area contributed by atoms with Crippen molar-refractivity contribution >= 4 is 22.6 Å². The summed E-state index contributed by atoms with van der Waals surface area (Å²) in [5.41, 5.74) is 5.29. The summed E-state index contributed by atoms with van der Waals surface area (Å²) < 4.78 is 10.3. The van der Waals surface area contributed by atoms with E-state index in [4.69, 9.17) is 14.9 Å². The van der Waals surface area contributed by atoms with E-state index < -0.39 is 17.2 Å². The SMILES string of the molecule is CC(C)(C)OC(=O)c1cc(=O)oc2cc(N)ccc12. The molecule has 1 aromatic carbocycles. The van der Waals surface area contributed by atoms with Crippen LogP contribution in [0.25, 0.3) is 11.0 Å². The highest BCUT2D eigenvalue weighted by Crippen LogP contribution is 2.22. The molecule has 0 bridgehead atoms. The molecule has 0 aliphatic carbocycles. The maximum Gasteiger partial charge on any atom is 0.339 e. The van der Waals surface area contributed by atoms with Crippen LogP contribution in [0.5, 0.6) is 0 Å². The lowest BCUT2D eigenvalue weighted by Gasteiger charge is -2.19. The molecule has 0 radical (unpaired) electrons. The normalized spacial score (nSPS) is 11.5. The molecule has 0 aliphatic heterocycles. The van der Waals surface area contributed by atoms with Gasteiger partial charge in [-0.2, -0.15) is 0 Å². The van der Waals surface area contributed by atoms with Crippen molar-refractivity contribution in [1.29, 1.82) is 0 Å². The van der Waals surface area contributed by atoms with E-state index in [2.05, 4.69) is 0 Å². The van der Waals surface area contributed by atoms with E-state index in [-0.39, 0.29) is 11.1 Å². The quantitative estimate of drug-likeness (QED) is 0.484. The van der Waals surface area contributed by atoms with Crippen LogP contribution in [0.15, 0.2) is 33.5 Å². The molecule has 1 aromatic heterocycles. The first-order chi connectivity index (χ1) is 8.76.